The summed E-state index contributed by atoms with van der Waals surface area (Å²) < 4.78 is 11.4. The highest BCUT2D eigenvalue weighted by atomic mass is 32.2. The van der Waals surface area contributed by atoms with E-state index >= 15 is 0 Å². The van der Waals surface area contributed by atoms with Gasteiger partial charge in [0.15, 0.2) is 0 Å². The van der Waals surface area contributed by atoms with Gasteiger partial charge in [-0.15, -0.1) is 0 Å². The summed E-state index contributed by atoms with van der Waals surface area (Å²) in [7, 11) is -0.648. The molecule has 2 rings (SSSR count). The molecule has 1 N–H and O–H groups in total. The zero-order valence-electron chi connectivity index (χ0n) is 12.0. The normalized spacial score (nSPS) is 22.7. The van der Waals surface area contributed by atoms with E-state index in [1.54, 1.807) is 0 Å². The van der Waals surface area contributed by atoms with E-state index in [2.05, 4.69) is 24.1 Å². The van der Waals surface area contributed by atoms with Crippen LogP contribution in [0.25, 0.3) is 0 Å². The van der Waals surface area contributed by atoms with Crippen LogP contribution in [0.1, 0.15) is 26.7 Å². The van der Waals surface area contributed by atoms with Crippen molar-refractivity contribution < 1.29 is 9.00 Å². The third kappa shape index (κ3) is 3.92. The number of nitrogens with one attached hydrogen (secondary N) is 1. The van der Waals surface area contributed by atoms with E-state index in [0.717, 1.165) is 50.5 Å². The Balaban J connectivity index is 1.79. The number of carbonyl (C=O) groups is 1. The monoisotopic (exact) mass is 287 g/mol. The molecule has 2 saturated heterocycles. The smallest absolute Gasteiger partial charge is 0.317 e. The van der Waals surface area contributed by atoms with Gasteiger partial charge in [0, 0.05) is 60.6 Å². The molecule has 0 aromatic heterocycles. The van der Waals surface area contributed by atoms with E-state index in [1.807, 2.05) is 4.90 Å². The number of hydrogen-bond donors (Lipinski definition) is 1. The SMILES string of the molecule is CC(C)(CNC(=O)N1CCCC1)N1CCS(=O)CC1. The van der Waals surface area contributed by atoms with Crippen LogP contribution in [0.3, 0.4) is 0 Å². The lowest BCUT2D eigenvalue weighted by molar-refractivity contribution is 0.129. The van der Waals surface area contributed by atoms with Gasteiger partial charge in [-0.1, -0.05) is 0 Å². The molecule has 0 aromatic rings. The third-order valence-electron chi connectivity index (χ3n) is 4.10. The van der Waals surface area contributed by atoms with Gasteiger partial charge in [0.25, 0.3) is 0 Å². The lowest BCUT2D eigenvalue weighted by atomic mass is 10.0. The summed E-state index contributed by atoms with van der Waals surface area (Å²) in [6.45, 7) is 8.42. The fraction of sp³-hybridized carbons (Fsp3) is 0.923. The fourth-order valence-electron chi connectivity index (χ4n) is 2.68. The summed E-state index contributed by atoms with van der Waals surface area (Å²) >= 11 is 0. The number of likely N-dealkylation sites (tertiary alicyclic amines) is 1. The molecule has 2 aliphatic rings. The predicted octanol–water partition coefficient (Wildman–Crippen LogP) is 0.635. The minimum Gasteiger partial charge on any atom is -0.336 e. The average Bonchev–Trinajstić information content (AvgIpc) is 2.90. The molecule has 5 nitrogen and oxygen atoms in total. The molecule has 0 aliphatic carbocycles. The maximum atomic E-state index is 12.0. The molecule has 0 spiro atoms. The van der Waals surface area contributed by atoms with Crippen molar-refractivity contribution >= 4 is 16.8 Å². The quantitative estimate of drug-likeness (QED) is 0.828. The molecule has 0 saturated carbocycles. The van der Waals surface area contributed by atoms with Gasteiger partial charge in [-0.25, -0.2) is 4.79 Å². The first-order chi connectivity index (χ1) is 8.99. The van der Waals surface area contributed by atoms with Gasteiger partial charge in [-0.2, -0.15) is 0 Å². The highest BCUT2D eigenvalue weighted by Crippen LogP contribution is 2.16. The molecule has 6 heteroatoms. The van der Waals surface area contributed by atoms with E-state index in [9.17, 15) is 9.00 Å². The van der Waals surface area contributed by atoms with Crippen molar-refractivity contribution in [2.45, 2.75) is 32.2 Å². The molecule has 19 heavy (non-hydrogen) atoms. The molecular weight excluding hydrogens is 262 g/mol. The topological polar surface area (TPSA) is 52.7 Å². The molecule has 0 atom stereocenters. The maximum absolute atomic E-state index is 12.0. The van der Waals surface area contributed by atoms with Gasteiger partial charge in [0.1, 0.15) is 0 Å². The van der Waals surface area contributed by atoms with Crippen LogP contribution in [-0.4, -0.2) is 69.8 Å². The van der Waals surface area contributed by atoms with Gasteiger partial charge >= 0.3 is 6.03 Å². The largest absolute Gasteiger partial charge is 0.336 e. The van der Waals surface area contributed by atoms with Gasteiger partial charge in [-0.3, -0.25) is 9.11 Å². The second kappa shape index (κ2) is 6.22. The number of hydrogen-bond acceptors (Lipinski definition) is 3. The minimum atomic E-state index is -0.648. The number of nitrogens with zero attached hydrogens (tertiary/aromatic N) is 2. The van der Waals surface area contributed by atoms with E-state index < -0.39 is 10.8 Å². The van der Waals surface area contributed by atoms with Crippen LogP contribution in [0.4, 0.5) is 4.79 Å². The standard InChI is InChI=1S/C13H25N3O2S/c1-13(2,16-7-9-19(18)10-8-16)11-14-12(17)15-5-3-4-6-15/h3-11H2,1-2H3,(H,14,17). The molecule has 0 aromatic carbocycles. The van der Waals surface area contributed by atoms with Crippen LogP contribution in [0, 0.1) is 0 Å². The van der Waals surface area contributed by atoms with E-state index in [1.165, 1.54) is 0 Å². The summed E-state index contributed by atoms with van der Waals surface area (Å²) in [5, 5.41) is 3.04. The Hall–Kier alpha value is -0.620. The molecular formula is C13H25N3O2S. The first-order valence-electron chi connectivity index (χ1n) is 7.12. The minimum absolute atomic E-state index is 0.0613. The molecule has 0 radical (unpaired) electrons. The number of carbonyl (C=O) groups excluding carboxylic acids is 1. The van der Waals surface area contributed by atoms with Gasteiger partial charge < -0.3 is 10.2 Å². The Bertz CT molecular complexity index is 344. The zero-order chi connectivity index (χ0) is 13.9. The lowest BCUT2D eigenvalue weighted by Crippen LogP contribution is -2.56. The van der Waals surface area contributed by atoms with Gasteiger partial charge in [0.05, 0.1) is 0 Å². The Labute approximate surface area is 118 Å². The number of urea groups is 1. The van der Waals surface area contributed by atoms with Crippen LogP contribution in [0.5, 0.6) is 0 Å². The van der Waals surface area contributed by atoms with E-state index in [0.29, 0.717) is 6.54 Å². The highest BCUT2D eigenvalue weighted by Gasteiger charge is 2.30. The molecule has 2 aliphatic heterocycles. The molecule has 110 valence electrons. The van der Waals surface area contributed by atoms with Crippen molar-refractivity contribution in [2.24, 2.45) is 0 Å². The van der Waals surface area contributed by atoms with Crippen molar-refractivity contribution in [2.75, 3.05) is 44.2 Å². The molecule has 2 fully saturated rings. The molecule has 2 amide bonds. The number of rotatable bonds is 3. The van der Waals surface area contributed by atoms with Crippen LogP contribution in [0.2, 0.25) is 0 Å². The van der Waals surface area contributed by atoms with Crippen molar-refractivity contribution in [3.8, 4) is 0 Å². The summed E-state index contributed by atoms with van der Waals surface area (Å²) in [5.74, 6) is 1.51. The van der Waals surface area contributed by atoms with Crippen molar-refractivity contribution in [1.29, 1.82) is 0 Å². The molecule has 0 bridgehead atoms. The second-order valence-corrected chi connectivity index (χ2v) is 7.70. The maximum Gasteiger partial charge on any atom is 0.317 e. The van der Waals surface area contributed by atoms with E-state index in [4.69, 9.17) is 0 Å². The van der Waals surface area contributed by atoms with Crippen molar-refractivity contribution in [3.05, 3.63) is 0 Å². The summed E-state index contributed by atoms with van der Waals surface area (Å²) in [6.07, 6.45) is 2.24. The van der Waals surface area contributed by atoms with Crippen molar-refractivity contribution in [3.63, 3.8) is 0 Å². The van der Waals surface area contributed by atoms with Crippen LogP contribution >= 0.6 is 0 Å². The highest BCUT2D eigenvalue weighted by molar-refractivity contribution is 7.85. The van der Waals surface area contributed by atoms with E-state index in [-0.39, 0.29) is 11.6 Å². The van der Waals surface area contributed by atoms with Crippen LogP contribution in [0.15, 0.2) is 0 Å². The first kappa shape index (κ1) is 14.8. The summed E-state index contributed by atoms with van der Waals surface area (Å²) in [6, 6.07) is 0.0613. The first-order valence-corrected chi connectivity index (χ1v) is 8.61. The van der Waals surface area contributed by atoms with Gasteiger partial charge in [-0.05, 0) is 26.7 Å². The third-order valence-corrected chi connectivity index (χ3v) is 5.38. The van der Waals surface area contributed by atoms with Crippen LogP contribution in [-0.2, 0) is 10.8 Å². The Kier molecular flexibility index (Phi) is 4.84. The summed E-state index contributed by atoms with van der Waals surface area (Å²) in [5.41, 5.74) is -0.0694. The van der Waals surface area contributed by atoms with Crippen molar-refractivity contribution in [1.82, 2.24) is 15.1 Å². The Morgan fingerprint density at radius 1 is 1.16 bits per heavy atom. The fourth-order valence-corrected chi connectivity index (χ4v) is 3.73. The molecule has 0 unspecified atom stereocenters. The Morgan fingerprint density at radius 3 is 2.32 bits per heavy atom. The van der Waals surface area contributed by atoms with Crippen LogP contribution < -0.4 is 5.32 Å². The molecule has 2 heterocycles. The number of amides is 2. The lowest BCUT2D eigenvalue weighted by Gasteiger charge is -2.41. The second-order valence-electron chi connectivity index (χ2n) is 6.00. The zero-order valence-corrected chi connectivity index (χ0v) is 12.8. The summed E-state index contributed by atoms with van der Waals surface area (Å²) in [4.78, 5) is 16.2. The Morgan fingerprint density at radius 2 is 1.74 bits per heavy atom. The average molecular weight is 287 g/mol. The predicted molar refractivity (Wildman–Crippen MR) is 77.7 cm³/mol. The van der Waals surface area contributed by atoms with Gasteiger partial charge in [0.2, 0.25) is 0 Å².